The van der Waals surface area contributed by atoms with Crippen LogP contribution < -0.4 is 5.32 Å². The van der Waals surface area contributed by atoms with Crippen molar-refractivity contribution in [2.45, 2.75) is 39.3 Å². The van der Waals surface area contributed by atoms with E-state index in [2.05, 4.69) is 10.4 Å². The minimum atomic E-state index is -0.101. The number of hydrogen-bond acceptors (Lipinski definition) is 4. The van der Waals surface area contributed by atoms with Crippen LogP contribution in [-0.2, 0) is 11.3 Å². The van der Waals surface area contributed by atoms with Crippen LogP contribution in [0.3, 0.4) is 0 Å². The van der Waals surface area contributed by atoms with Crippen LogP contribution in [0.2, 0.25) is 0 Å². The fraction of sp³-hybridized carbons (Fsp3) is 0.400. The highest BCUT2D eigenvalue weighted by molar-refractivity contribution is 7.14. The second-order valence-electron chi connectivity index (χ2n) is 5.03. The van der Waals surface area contributed by atoms with Gasteiger partial charge >= 0.3 is 0 Å². The molecule has 0 saturated carbocycles. The minimum Gasteiger partial charge on any atom is -0.352 e. The van der Waals surface area contributed by atoms with Gasteiger partial charge in [-0.3, -0.25) is 14.3 Å². The van der Waals surface area contributed by atoms with Gasteiger partial charge in [0.25, 0.3) is 0 Å². The van der Waals surface area contributed by atoms with Crippen molar-refractivity contribution >= 4 is 23.0 Å². The molecule has 2 aromatic heterocycles. The topological polar surface area (TPSA) is 64.0 Å². The van der Waals surface area contributed by atoms with E-state index >= 15 is 0 Å². The Morgan fingerprint density at radius 1 is 1.38 bits per heavy atom. The first-order valence-corrected chi connectivity index (χ1v) is 7.72. The van der Waals surface area contributed by atoms with E-state index in [1.54, 1.807) is 10.9 Å². The van der Waals surface area contributed by atoms with Crippen molar-refractivity contribution < 1.29 is 9.59 Å². The Kier molecular flexibility index (Phi) is 5.27. The highest BCUT2D eigenvalue weighted by Crippen LogP contribution is 2.17. The molecular formula is C15H19N3O2S. The van der Waals surface area contributed by atoms with Gasteiger partial charge in [0.1, 0.15) is 0 Å². The zero-order valence-corrected chi connectivity index (χ0v) is 13.0. The molecule has 1 atom stereocenters. The van der Waals surface area contributed by atoms with Crippen molar-refractivity contribution in [1.82, 2.24) is 15.1 Å². The van der Waals surface area contributed by atoms with Crippen LogP contribution in [0.25, 0.3) is 0 Å². The molecule has 0 aliphatic carbocycles. The predicted octanol–water partition coefficient (Wildman–Crippen LogP) is 2.42. The van der Waals surface area contributed by atoms with Gasteiger partial charge in [-0.15, -0.1) is 11.3 Å². The van der Waals surface area contributed by atoms with E-state index < -0.39 is 0 Å². The fourth-order valence-corrected chi connectivity index (χ4v) is 2.85. The molecule has 0 aromatic carbocycles. The molecule has 2 aromatic rings. The third-order valence-electron chi connectivity index (χ3n) is 3.02. The summed E-state index contributed by atoms with van der Waals surface area (Å²) in [5.74, 6) is -0.0701. The number of carbonyl (C=O) groups is 2. The number of nitrogens with zero attached hydrogens (tertiary/aromatic N) is 2. The van der Waals surface area contributed by atoms with Gasteiger partial charge in [-0.25, -0.2) is 0 Å². The lowest BCUT2D eigenvalue weighted by Crippen LogP contribution is -2.35. The second-order valence-corrected chi connectivity index (χ2v) is 6.32. The van der Waals surface area contributed by atoms with Crippen LogP contribution in [0, 0.1) is 6.92 Å². The summed E-state index contributed by atoms with van der Waals surface area (Å²) < 4.78 is 1.77. The van der Waals surface area contributed by atoms with Gasteiger partial charge in [0, 0.05) is 36.2 Å². The Balaban J connectivity index is 1.73. The molecule has 1 amide bonds. The first kappa shape index (κ1) is 15.4. The summed E-state index contributed by atoms with van der Waals surface area (Å²) in [6.45, 7) is 4.51. The molecule has 1 unspecified atom stereocenters. The van der Waals surface area contributed by atoms with Gasteiger partial charge in [-0.1, -0.05) is 0 Å². The number of rotatable bonds is 7. The van der Waals surface area contributed by atoms with Crippen molar-refractivity contribution in [3.63, 3.8) is 0 Å². The maximum Gasteiger partial charge on any atom is 0.220 e. The highest BCUT2D eigenvalue weighted by Gasteiger charge is 2.13. The molecule has 0 radical (unpaired) electrons. The maximum atomic E-state index is 11.9. The molecule has 0 aliphatic rings. The van der Waals surface area contributed by atoms with E-state index in [9.17, 15) is 9.59 Å². The van der Waals surface area contributed by atoms with Gasteiger partial charge in [-0.05, 0) is 32.0 Å². The molecule has 0 spiro atoms. The van der Waals surface area contributed by atoms with Crippen molar-refractivity contribution in [3.8, 4) is 0 Å². The Morgan fingerprint density at radius 2 is 2.19 bits per heavy atom. The van der Waals surface area contributed by atoms with Crippen molar-refractivity contribution in [2.24, 2.45) is 0 Å². The molecule has 0 fully saturated rings. The maximum absolute atomic E-state index is 11.9. The highest BCUT2D eigenvalue weighted by atomic mass is 32.1. The third-order valence-corrected chi connectivity index (χ3v) is 4.06. The van der Waals surface area contributed by atoms with E-state index in [0.29, 0.717) is 6.54 Å². The fourth-order valence-electron chi connectivity index (χ4n) is 2.02. The molecule has 6 heteroatoms. The molecule has 21 heavy (non-hydrogen) atoms. The predicted molar refractivity (Wildman–Crippen MR) is 82.5 cm³/mol. The Morgan fingerprint density at radius 3 is 2.81 bits per heavy atom. The molecular weight excluding hydrogens is 286 g/mol. The normalized spacial score (nSPS) is 12.1. The van der Waals surface area contributed by atoms with E-state index in [0.717, 1.165) is 9.75 Å². The van der Waals surface area contributed by atoms with Gasteiger partial charge in [0.05, 0.1) is 11.4 Å². The quantitative estimate of drug-likeness (QED) is 0.799. The molecule has 1 N–H and O–H groups in total. The number of ketones is 1. The Labute approximate surface area is 128 Å². The largest absolute Gasteiger partial charge is 0.352 e. The number of hydrogen-bond donors (Lipinski definition) is 1. The Bertz CT molecular complexity index is 604. The first-order chi connectivity index (χ1) is 10.0. The standard InChI is InChI=1S/C15H19N3O2S/c1-11(10-18-9-3-8-16-18)17-15(20)7-5-13(19)14-6-4-12(2)21-14/h3-4,6,8-9,11H,5,7,10H2,1-2H3,(H,17,20). The van der Waals surface area contributed by atoms with Crippen molar-refractivity contribution in [1.29, 1.82) is 0 Å². The lowest BCUT2D eigenvalue weighted by atomic mass is 10.2. The number of amides is 1. The number of nitrogens with one attached hydrogen (secondary N) is 1. The number of carbonyl (C=O) groups excluding carboxylic acids is 2. The van der Waals surface area contributed by atoms with E-state index in [1.165, 1.54) is 11.3 Å². The van der Waals surface area contributed by atoms with Crippen LogP contribution in [0.15, 0.2) is 30.6 Å². The summed E-state index contributed by atoms with van der Waals surface area (Å²) >= 11 is 1.47. The SMILES string of the molecule is Cc1ccc(C(=O)CCC(=O)NC(C)Cn2cccn2)s1. The number of Topliss-reactive ketones (excluding diaryl/α,β-unsaturated/α-hetero) is 1. The molecule has 2 heterocycles. The van der Waals surface area contributed by atoms with Crippen molar-refractivity contribution in [3.05, 3.63) is 40.3 Å². The zero-order chi connectivity index (χ0) is 15.2. The smallest absolute Gasteiger partial charge is 0.220 e. The van der Waals surface area contributed by atoms with Gasteiger partial charge in [-0.2, -0.15) is 5.10 Å². The Hall–Kier alpha value is -1.95. The van der Waals surface area contributed by atoms with Gasteiger partial charge < -0.3 is 5.32 Å². The number of aromatic nitrogens is 2. The molecule has 5 nitrogen and oxygen atoms in total. The van der Waals surface area contributed by atoms with Crippen molar-refractivity contribution in [2.75, 3.05) is 0 Å². The van der Waals surface area contributed by atoms with E-state index in [-0.39, 0.29) is 30.6 Å². The van der Waals surface area contributed by atoms with Crippen LogP contribution in [0.1, 0.15) is 34.3 Å². The summed E-state index contributed by atoms with van der Waals surface area (Å²) in [6, 6.07) is 5.57. The molecule has 2 rings (SSSR count). The molecule has 0 bridgehead atoms. The summed E-state index contributed by atoms with van der Waals surface area (Å²) in [6.07, 6.45) is 4.03. The van der Waals surface area contributed by atoms with Crippen LogP contribution in [0.4, 0.5) is 0 Å². The van der Waals surface area contributed by atoms with Crippen LogP contribution in [0.5, 0.6) is 0 Å². The monoisotopic (exact) mass is 305 g/mol. The summed E-state index contributed by atoms with van der Waals surface area (Å²) in [4.78, 5) is 25.6. The molecule has 112 valence electrons. The first-order valence-electron chi connectivity index (χ1n) is 6.91. The lowest BCUT2D eigenvalue weighted by Gasteiger charge is -2.13. The minimum absolute atomic E-state index is 0.0171. The van der Waals surface area contributed by atoms with Crippen LogP contribution >= 0.6 is 11.3 Å². The second kappa shape index (κ2) is 7.17. The molecule has 0 saturated heterocycles. The summed E-state index contributed by atoms with van der Waals surface area (Å²) in [5, 5.41) is 6.97. The zero-order valence-electron chi connectivity index (χ0n) is 12.2. The van der Waals surface area contributed by atoms with Gasteiger partial charge in [0.2, 0.25) is 5.91 Å². The van der Waals surface area contributed by atoms with E-state index in [4.69, 9.17) is 0 Å². The average molecular weight is 305 g/mol. The van der Waals surface area contributed by atoms with Crippen LogP contribution in [-0.4, -0.2) is 27.5 Å². The summed E-state index contributed by atoms with van der Waals surface area (Å²) in [7, 11) is 0. The van der Waals surface area contributed by atoms with Gasteiger partial charge in [0.15, 0.2) is 5.78 Å². The average Bonchev–Trinajstić information content (AvgIpc) is 3.07. The molecule has 0 aliphatic heterocycles. The number of aryl methyl sites for hydroxylation is 1. The summed E-state index contributed by atoms with van der Waals surface area (Å²) in [5.41, 5.74) is 0. The number of thiophene rings is 1. The third kappa shape index (κ3) is 4.82. The van der Waals surface area contributed by atoms with E-state index in [1.807, 2.05) is 38.2 Å². The lowest BCUT2D eigenvalue weighted by molar-refractivity contribution is -0.121.